The van der Waals surface area contributed by atoms with E-state index in [1.165, 1.54) is 12.1 Å². The zero-order valence-corrected chi connectivity index (χ0v) is 8.80. The summed E-state index contributed by atoms with van der Waals surface area (Å²) < 4.78 is 0. The average Bonchev–Trinajstić information content (AvgIpc) is 2.20. The van der Waals surface area contributed by atoms with Gasteiger partial charge < -0.3 is 10.4 Å². The van der Waals surface area contributed by atoms with Crippen LogP contribution in [0.3, 0.4) is 0 Å². The van der Waals surface area contributed by atoms with Gasteiger partial charge in [-0.05, 0) is 32.2 Å². The highest BCUT2D eigenvalue weighted by Gasteiger charge is 2.13. The quantitative estimate of drug-likeness (QED) is 0.754. The number of phenols is 1. The number of aromatic hydroxyl groups is 1. The third-order valence-corrected chi connectivity index (χ3v) is 2.36. The van der Waals surface area contributed by atoms with Gasteiger partial charge in [0.05, 0.1) is 11.1 Å². The van der Waals surface area contributed by atoms with Crippen LogP contribution in [0.5, 0.6) is 5.75 Å². The van der Waals surface area contributed by atoms with E-state index in [2.05, 4.69) is 5.32 Å². The van der Waals surface area contributed by atoms with Gasteiger partial charge in [-0.1, -0.05) is 11.6 Å². The summed E-state index contributed by atoms with van der Waals surface area (Å²) in [5.74, 6) is -0.0604. The summed E-state index contributed by atoms with van der Waals surface area (Å²) in [7, 11) is 1.71. The van der Waals surface area contributed by atoms with Crippen LogP contribution >= 0.6 is 11.6 Å². The predicted octanol–water partition coefficient (Wildman–Crippen LogP) is 1.84. The lowest BCUT2D eigenvalue weighted by atomic mass is 10.1. The molecule has 0 radical (unpaired) electrons. The largest absolute Gasteiger partial charge is 0.506 e. The summed E-state index contributed by atoms with van der Waals surface area (Å²) in [6.07, 6.45) is 0. The molecule has 76 valence electrons. The van der Waals surface area contributed by atoms with E-state index in [9.17, 15) is 4.79 Å². The zero-order chi connectivity index (χ0) is 10.7. The summed E-state index contributed by atoms with van der Waals surface area (Å²) in [5.41, 5.74) is 0.495. The number of halogens is 1. The molecule has 1 unspecified atom stereocenters. The maximum Gasteiger partial charge on any atom is 0.179 e. The molecule has 1 aromatic rings. The van der Waals surface area contributed by atoms with Gasteiger partial charge in [0, 0.05) is 5.56 Å². The number of likely N-dealkylation sites (N-methyl/N-ethyl adjacent to an activating group) is 1. The maximum absolute atomic E-state index is 11.6. The van der Waals surface area contributed by atoms with Crippen LogP contribution in [-0.4, -0.2) is 24.0 Å². The number of carbonyl (C=O) groups excluding carboxylic acids is 1. The Morgan fingerprint density at radius 2 is 2.21 bits per heavy atom. The Bertz CT molecular complexity index is 352. The molecule has 0 bridgehead atoms. The van der Waals surface area contributed by atoms with Crippen LogP contribution in [0, 0.1) is 0 Å². The van der Waals surface area contributed by atoms with Crippen molar-refractivity contribution in [1.82, 2.24) is 5.32 Å². The van der Waals surface area contributed by atoms with Gasteiger partial charge in [0.25, 0.3) is 0 Å². The Morgan fingerprint density at radius 3 is 2.71 bits per heavy atom. The highest BCUT2D eigenvalue weighted by Crippen LogP contribution is 2.24. The Kier molecular flexibility index (Phi) is 3.49. The fraction of sp³-hybridized carbons (Fsp3) is 0.300. The minimum atomic E-state index is -0.254. The molecule has 1 rings (SSSR count). The molecule has 0 aliphatic rings. The summed E-state index contributed by atoms with van der Waals surface area (Å²) in [5, 5.41) is 12.2. The lowest BCUT2D eigenvalue weighted by Crippen LogP contribution is -2.30. The summed E-state index contributed by atoms with van der Waals surface area (Å²) in [6, 6.07) is 4.18. The summed E-state index contributed by atoms with van der Waals surface area (Å²) in [4.78, 5) is 11.6. The minimum absolute atomic E-state index is 0.0136. The number of benzene rings is 1. The molecule has 0 aromatic heterocycles. The highest BCUT2D eigenvalue weighted by molar-refractivity contribution is 6.32. The van der Waals surface area contributed by atoms with Crippen LogP contribution < -0.4 is 5.32 Å². The Balaban J connectivity index is 2.97. The number of phenolic OH excluding ortho intramolecular Hbond substituents is 1. The van der Waals surface area contributed by atoms with Crippen molar-refractivity contribution in [2.45, 2.75) is 13.0 Å². The number of ketones is 1. The second-order valence-electron chi connectivity index (χ2n) is 3.04. The van der Waals surface area contributed by atoms with E-state index in [4.69, 9.17) is 16.7 Å². The maximum atomic E-state index is 11.6. The smallest absolute Gasteiger partial charge is 0.179 e. The van der Waals surface area contributed by atoms with Crippen molar-refractivity contribution < 1.29 is 9.90 Å². The van der Waals surface area contributed by atoms with Gasteiger partial charge in [0.15, 0.2) is 5.78 Å². The van der Waals surface area contributed by atoms with Gasteiger partial charge in [-0.25, -0.2) is 0 Å². The molecule has 0 amide bonds. The molecule has 0 heterocycles. The van der Waals surface area contributed by atoms with Crippen molar-refractivity contribution in [3.8, 4) is 5.75 Å². The van der Waals surface area contributed by atoms with Crippen molar-refractivity contribution in [2.75, 3.05) is 7.05 Å². The number of hydrogen-bond donors (Lipinski definition) is 2. The van der Waals surface area contributed by atoms with Crippen LogP contribution in [0.2, 0.25) is 5.02 Å². The lowest BCUT2D eigenvalue weighted by molar-refractivity contribution is 0.0955. The van der Waals surface area contributed by atoms with Crippen molar-refractivity contribution in [2.24, 2.45) is 0 Å². The van der Waals surface area contributed by atoms with Gasteiger partial charge in [-0.3, -0.25) is 4.79 Å². The molecular weight excluding hydrogens is 202 g/mol. The van der Waals surface area contributed by atoms with Crippen LogP contribution in [0.4, 0.5) is 0 Å². The zero-order valence-electron chi connectivity index (χ0n) is 8.04. The molecule has 0 aliphatic carbocycles. The first-order valence-corrected chi connectivity index (χ1v) is 4.64. The molecule has 0 spiro atoms. The first-order valence-electron chi connectivity index (χ1n) is 4.26. The normalized spacial score (nSPS) is 12.5. The van der Waals surface area contributed by atoms with E-state index in [0.717, 1.165) is 0 Å². The van der Waals surface area contributed by atoms with Gasteiger partial charge in [0.1, 0.15) is 5.75 Å². The van der Waals surface area contributed by atoms with Crippen molar-refractivity contribution in [3.63, 3.8) is 0 Å². The SMILES string of the molecule is CNC(C)C(=O)c1ccc(O)c(Cl)c1. The summed E-state index contributed by atoms with van der Waals surface area (Å²) >= 11 is 5.68. The number of Topliss-reactive ketones (excluding diaryl/α,β-unsaturated/α-hetero) is 1. The second-order valence-corrected chi connectivity index (χ2v) is 3.45. The summed E-state index contributed by atoms with van der Waals surface area (Å²) in [6.45, 7) is 1.77. The van der Waals surface area contributed by atoms with E-state index in [1.807, 2.05) is 0 Å². The Morgan fingerprint density at radius 1 is 1.57 bits per heavy atom. The fourth-order valence-electron chi connectivity index (χ4n) is 1.04. The molecule has 14 heavy (non-hydrogen) atoms. The Labute approximate surface area is 87.7 Å². The average molecular weight is 214 g/mol. The second kappa shape index (κ2) is 4.44. The molecule has 0 saturated heterocycles. The van der Waals surface area contributed by atoms with Crippen LogP contribution in [0.1, 0.15) is 17.3 Å². The topological polar surface area (TPSA) is 49.3 Å². The predicted molar refractivity (Wildman–Crippen MR) is 56.0 cm³/mol. The molecule has 0 saturated carbocycles. The third kappa shape index (κ3) is 2.25. The number of hydrogen-bond acceptors (Lipinski definition) is 3. The first kappa shape index (κ1) is 11.0. The van der Waals surface area contributed by atoms with Crippen molar-refractivity contribution >= 4 is 17.4 Å². The Hall–Kier alpha value is -1.06. The van der Waals surface area contributed by atoms with Gasteiger partial charge >= 0.3 is 0 Å². The number of nitrogens with one attached hydrogen (secondary N) is 1. The van der Waals surface area contributed by atoms with E-state index in [-0.39, 0.29) is 22.6 Å². The monoisotopic (exact) mass is 213 g/mol. The van der Waals surface area contributed by atoms with Crippen LogP contribution in [-0.2, 0) is 0 Å². The van der Waals surface area contributed by atoms with E-state index < -0.39 is 0 Å². The molecule has 3 nitrogen and oxygen atoms in total. The molecule has 4 heteroatoms. The molecule has 2 N–H and O–H groups in total. The van der Waals surface area contributed by atoms with E-state index in [1.54, 1.807) is 20.0 Å². The molecule has 0 fully saturated rings. The van der Waals surface area contributed by atoms with Crippen molar-refractivity contribution in [1.29, 1.82) is 0 Å². The van der Waals surface area contributed by atoms with Crippen LogP contribution in [0.15, 0.2) is 18.2 Å². The number of carbonyl (C=O) groups is 1. The minimum Gasteiger partial charge on any atom is -0.506 e. The highest BCUT2D eigenvalue weighted by atomic mass is 35.5. The third-order valence-electron chi connectivity index (χ3n) is 2.06. The molecule has 0 aliphatic heterocycles. The van der Waals surface area contributed by atoms with E-state index in [0.29, 0.717) is 5.56 Å². The first-order chi connectivity index (χ1) is 6.56. The van der Waals surface area contributed by atoms with Gasteiger partial charge in [-0.15, -0.1) is 0 Å². The standard InChI is InChI=1S/C10H12ClNO2/c1-6(12-2)10(14)7-3-4-9(13)8(11)5-7/h3-6,12-13H,1-2H3. The molecule has 1 aromatic carbocycles. The lowest BCUT2D eigenvalue weighted by Gasteiger charge is -2.09. The van der Waals surface area contributed by atoms with Crippen molar-refractivity contribution in [3.05, 3.63) is 28.8 Å². The molecular formula is C10H12ClNO2. The van der Waals surface area contributed by atoms with E-state index >= 15 is 0 Å². The van der Waals surface area contributed by atoms with Crippen LogP contribution in [0.25, 0.3) is 0 Å². The number of rotatable bonds is 3. The van der Waals surface area contributed by atoms with Gasteiger partial charge in [-0.2, -0.15) is 0 Å². The van der Waals surface area contributed by atoms with Gasteiger partial charge in [0.2, 0.25) is 0 Å². The fourth-order valence-corrected chi connectivity index (χ4v) is 1.22. The molecule has 1 atom stereocenters.